The van der Waals surface area contributed by atoms with Crippen LogP contribution in [0, 0.1) is 0 Å². The van der Waals surface area contributed by atoms with Crippen molar-refractivity contribution in [3.05, 3.63) is 54.1 Å². The third kappa shape index (κ3) is 3.10. The second kappa shape index (κ2) is 6.39. The van der Waals surface area contributed by atoms with Crippen LogP contribution in [-0.4, -0.2) is 34.1 Å². The Balaban J connectivity index is 1.74. The van der Waals surface area contributed by atoms with Gasteiger partial charge in [0.25, 0.3) is 0 Å². The molecular formula is C19H18N4O2. The van der Waals surface area contributed by atoms with Gasteiger partial charge in [0.2, 0.25) is 5.95 Å². The molecule has 2 N–H and O–H groups in total. The molecule has 1 aliphatic rings. The van der Waals surface area contributed by atoms with Crippen molar-refractivity contribution in [3.63, 3.8) is 0 Å². The Labute approximate surface area is 145 Å². The zero-order valence-electron chi connectivity index (χ0n) is 13.6. The van der Waals surface area contributed by atoms with Crippen molar-refractivity contribution in [2.75, 3.05) is 23.3 Å². The van der Waals surface area contributed by atoms with E-state index in [4.69, 9.17) is 10.1 Å². The van der Waals surface area contributed by atoms with E-state index in [1.807, 2.05) is 24.3 Å². The molecule has 0 radical (unpaired) electrons. The first kappa shape index (κ1) is 15.4. The third-order valence-corrected chi connectivity index (χ3v) is 4.35. The van der Waals surface area contributed by atoms with Gasteiger partial charge in [-0.3, -0.25) is 0 Å². The van der Waals surface area contributed by atoms with Gasteiger partial charge in [-0.05, 0) is 43.2 Å². The number of aromatic nitrogens is 2. The molecule has 126 valence electrons. The third-order valence-electron chi connectivity index (χ3n) is 4.35. The average Bonchev–Trinajstić information content (AvgIpc) is 3.16. The van der Waals surface area contributed by atoms with Gasteiger partial charge in [0.05, 0.1) is 11.1 Å². The summed E-state index contributed by atoms with van der Waals surface area (Å²) in [7, 11) is 0. The van der Waals surface area contributed by atoms with E-state index in [0.717, 1.165) is 29.8 Å². The number of nitrogens with one attached hydrogen (secondary N) is 1. The minimum absolute atomic E-state index is 0.227. The molecule has 6 heteroatoms. The van der Waals surface area contributed by atoms with Gasteiger partial charge in [0.1, 0.15) is 5.82 Å². The zero-order chi connectivity index (χ0) is 17.2. The van der Waals surface area contributed by atoms with Crippen LogP contribution in [0.1, 0.15) is 23.2 Å². The van der Waals surface area contributed by atoms with Crippen LogP contribution in [0.5, 0.6) is 0 Å². The Morgan fingerprint density at radius 2 is 1.84 bits per heavy atom. The minimum Gasteiger partial charge on any atom is -0.478 e. The number of anilines is 3. The summed E-state index contributed by atoms with van der Waals surface area (Å²) >= 11 is 0. The lowest BCUT2D eigenvalue weighted by atomic mass is 10.2. The summed E-state index contributed by atoms with van der Waals surface area (Å²) < 4.78 is 0. The van der Waals surface area contributed by atoms with Crippen LogP contribution in [0.3, 0.4) is 0 Å². The molecule has 0 spiro atoms. The first-order valence-electron chi connectivity index (χ1n) is 8.33. The van der Waals surface area contributed by atoms with E-state index in [1.54, 1.807) is 24.3 Å². The summed E-state index contributed by atoms with van der Waals surface area (Å²) in [6, 6.07) is 14.6. The van der Waals surface area contributed by atoms with E-state index in [9.17, 15) is 4.79 Å². The first-order chi connectivity index (χ1) is 12.2. The SMILES string of the molecule is O=C(O)c1cccc(Nc2nc(N3CCCC3)c3ccccc3n2)c1. The monoisotopic (exact) mass is 334 g/mol. The van der Waals surface area contributed by atoms with Crippen molar-refractivity contribution in [2.24, 2.45) is 0 Å². The number of benzene rings is 2. The molecule has 0 aliphatic carbocycles. The van der Waals surface area contributed by atoms with E-state index in [0.29, 0.717) is 11.6 Å². The van der Waals surface area contributed by atoms with E-state index in [-0.39, 0.29) is 5.56 Å². The fourth-order valence-corrected chi connectivity index (χ4v) is 3.14. The lowest BCUT2D eigenvalue weighted by molar-refractivity contribution is 0.0697. The summed E-state index contributed by atoms with van der Waals surface area (Å²) in [5, 5.41) is 13.3. The number of carboxylic acids is 1. The Kier molecular flexibility index (Phi) is 3.93. The number of fused-ring (bicyclic) bond motifs is 1. The molecule has 4 rings (SSSR count). The molecule has 1 aromatic heterocycles. The van der Waals surface area contributed by atoms with E-state index >= 15 is 0 Å². The molecule has 2 heterocycles. The Morgan fingerprint density at radius 1 is 1.04 bits per heavy atom. The predicted molar refractivity (Wildman–Crippen MR) is 97.7 cm³/mol. The number of hydrogen-bond donors (Lipinski definition) is 2. The van der Waals surface area contributed by atoms with Crippen molar-refractivity contribution in [1.82, 2.24) is 9.97 Å². The summed E-state index contributed by atoms with van der Waals surface area (Å²) in [5.41, 5.74) is 1.75. The van der Waals surface area contributed by atoms with Gasteiger partial charge in [-0.1, -0.05) is 18.2 Å². The molecule has 3 aromatic rings. The molecule has 1 aliphatic heterocycles. The van der Waals surface area contributed by atoms with Gasteiger partial charge in [-0.15, -0.1) is 0 Å². The van der Waals surface area contributed by atoms with Crippen LogP contribution in [0.4, 0.5) is 17.5 Å². The highest BCUT2D eigenvalue weighted by Crippen LogP contribution is 2.28. The molecule has 1 fully saturated rings. The molecule has 0 bridgehead atoms. The van der Waals surface area contributed by atoms with Crippen LogP contribution in [0.25, 0.3) is 10.9 Å². The Morgan fingerprint density at radius 3 is 2.64 bits per heavy atom. The highest BCUT2D eigenvalue weighted by Gasteiger charge is 2.18. The first-order valence-corrected chi connectivity index (χ1v) is 8.33. The van der Waals surface area contributed by atoms with Crippen molar-refractivity contribution >= 4 is 34.3 Å². The number of carbonyl (C=O) groups is 1. The number of carboxylic acid groups (broad SMARTS) is 1. The maximum absolute atomic E-state index is 11.1. The van der Waals surface area contributed by atoms with E-state index in [1.165, 1.54) is 12.8 Å². The summed E-state index contributed by atoms with van der Waals surface area (Å²) in [4.78, 5) is 22.7. The lowest BCUT2D eigenvalue weighted by Gasteiger charge is -2.19. The maximum Gasteiger partial charge on any atom is 0.335 e. The normalized spacial score (nSPS) is 14.0. The zero-order valence-corrected chi connectivity index (χ0v) is 13.6. The topological polar surface area (TPSA) is 78.3 Å². The number of para-hydroxylation sites is 1. The van der Waals surface area contributed by atoms with E-state index in [2.05, 4.69) is 15.2 Å². The quantitative estimate of drug-likeness (QED) is 0.758. The second-order valence-electron chi connectivity index (χ2n) is 6.09. The summed E-state index contributed by atoms with van der Waals surface area (Å²) in [6.45, 7) is 1.99. The Bertz CT molecular complexity index is 936. The predicted octanol–water partition coefficient (Wildman–Crippen LogP) is 3.67. The molecule has 0 atom stereocenters. The molecule has 1 saturated heterocycles. The number of aromatic carboxylic acids is 1. The van der Waals surface area contributed by atoms with E-state index < -0.39 is 5.97 Å². The molecular weight excluding hydrogens is 316 g/mol. The summed E-state index contributed by atoms with van der Waals surface area (Å²) in [5.74, 6) is 0.448. The van der Waals surface area contributed by atoms with Crippen LogP contribution < -0.4 is 10.2 Å². The smallest absolute Gasteiger partial charge is 0.335 e. The summed E-state index contributed by atoms with van der Waals surface area (Å²) in [6.07, 6.45) is 2.34. The van der Waals surface area contributed by atoms with Gasteiger partial charge in [-0.25, -0.2) is 9.78 Å². The van der Waals surface area contributed by atoms with Gasteiger partial charge in [-0.2, -0.15) is 4.98 Å². The van der Waals surface area contributed by atoms with Gasteiger partial charge < -0.3 is 15.3 Å². The fourth-order valence-electron chi connectivity index (χ4n) is 3.14. The fraction of sp³-hybridized carbons (Fsp3) is 0.211. The average molecular weight is 334 g/mol. The second-order valence-corrected chi connectivity index (χ2v) is 6.09. The number of nitrogens with zero attached hydrogens (tertiary/aromatic N) is 3. The van der Waals surface area contributed by atoms with Crippen molar-refractivity contribution in [3.8, 4) is 0 Å². The minimum atomic E-state index is -0.958. The molecule has 0 unspecified atom stereocenters. The lowest BCUT2D eigenvalue weighted by Crippen LogP contribution is -2.20. The maximum atomic E-state index is 11.1. The highest BCUT2D eigenvalue weighted by atomic mass is 16.4. The van der Waals surface area contributed by atoms with Gasteiger partial charge >= 0.3 is 5.97 Å². The van der Waals surface area contributed by atoms with Crippen molar-refractivity contribution in [1.29, 1.82) is 0 Å². The van der Waals surface area contributed by atoms with Crippen molar-refractivity contribution < 1.29 is 9.90 Å². The largest absolute Gasteiger partial charge is 0.478 e. The molecule has 0 saturated carbocycles. The standard InChI is InChI=1S/C19H18N4O2/c24-18(25)13-6-5-7-14(12-13)20-19-21-16-9-2-1-8-15(16)17(22-19)23-10-3-4-11-23/h1-2,5-9,12H,3-4,10-11H2,(H,24,25)(H,20,21,22). The molecule has 2 aromatic carbocycles. The van der Waals surface area contributed by atoms with Crippen LogP contribution in [0.2, 0.25) is 0 Å². The Hall–Kier alpha value is -3.15. The highest BCUT2D eigenvalue weighted by molar-refractivity contribution is 5.91. The van der Waals surface area contributed by atoms with Crippen LogP contribution in [0.15, 0.2) is 48.5 Å². The molecule has 0 amide bonds. The van der Waals surface area contributed by atoms with Crippen molar-refractivity contribution in [2.45, 2.75) is 12.8 Å². The molecule has 25 heavy (non-hydrogen) atoms. The van der Waals surface area contributed by atoms with Gasteiger partial charge in [0, 0.05) is 24.2 Å². The van der Waals surface area contributed by atoms with Gasteiger partial charge in [0.15, 0.2) is 0 Å². The molecule has 6 nitrogen and oxygen atoms in total. The number of hydrogen-bond acceptors (Lipinski definition) is 5. The van der Waals surface area contributed by atoms with Crippen LogP contribution in [-0.2, 0) is 0 Å². The number of rotatable bonds is 4. The van der Waals surface area contributed by atoms with Crippen LogP contribution >= 0.6 is 0 Å².